The fraction of sp³-hybridized carbons (Fsp3) is 0.552. The lowest BCUT2D eigenvalue weighted by Gasteiger charge is -2.14. The highest BCUT2D eigenvalue weighted by Gasteiger charge is 2.32. The number of nitrogens with zero attached hydrogens (tertiary/aromatic N) is 2. The normalized spacial score (nSPS) is 14.7. The molecule has 4 amide bonds. The quantitative estimate of drug-likeness (QED) is 0.116. The molecule has 242 valence electrons. The van der Waals surface area contributed by atoms with Crippen LogP contribution >= 0.6 is 0 Å². The van der Waals surface area contributed by atoms with E-state index in [4.69, 9.17) is 38.0 Å². The van der Waals surface area contributed by atoms with Crippen LogP contribution in [0.5, 0.6) is 5.75 Å². The Balaban J connectivity index is 1.00. The van der Waals surface area contributed by atoms with Crippen molar-refractivity contribution in [2.75, 3.05) is 90.8 Å². The lowest BCUT2D eigenvalue weighted by molar-refractivity contribution is -0.198. The van der Waals surface area contributed by atoms with E-state index in [1.54, 1.807) is 24.3 Å². The monoisotopic (exact) mass is 622 g/mol. The zero-order valence-electron chi connectivity index (χ0n) is 24.5. The number of hydrogen-bond acceptors (Lipinski definition) is 13. The molecule has 1 fully saturated rings. The Morgan fingerprint density at radius 2 is 0.977 bits per heavy atom. The van der Waals surface area contributed by atoms with E-state index in [-0.39, 0.29) is 44.3 Å². The van der Waals surface area contributed by atoms with Gasteiger partial charge in [0, 0.05) is 25.0 Å². The van der Waals surface area contributed by atoms with Crippen LogP contribution in [-0.4, -0.2) is 121 Å². The summed E-state index contributed by atoms with van der Waals surface area (Å²) in [5.74, 6) is -1.86. The molecule has 2 heterocycles. The summed E-state index contributed by atoms with van der Waals surface area (Å²) in [4.78, 5) is 63.6. The number of imide groups is 2. The van der Waals surface area contributed by atoms with Crippen molar-refractivity contribution in [2.24, 2.45) is 0 Å². The minimum atomic E-state index is -0.707. The Kier molecular flexibility index (Phi) is 16.0. The lowest BCUT2D eigenvalue weighted by Crippen LogP contribution is -2.32. The van der Waals surface area contributed by atoms with E-state index < -0.39 is 17.8 Å². The lowest BCUT2D eigenvalue weighted by atomic mass is 10.3. The third kappa shape index (κ3) is 12.9. The van der Waals surface area contributed by atoms with Gasteiger partial charge in [0.2, 0.25) is 0 Å². The number of benzene rings is 1. The van der Waals surface area contributed by atoms with Gasteiger partial charge in [0.15, 0.2) is 0 Å². The number of carbonyl (C=O) groups excluding carboxylic acids is 5. The third-order valence-electron chi connectivity index (χ3n) is 5.91. The van der Waals surface area contributed by atoms with Gasteiger partial charge in [-0.1, -0.05) is 0 Å². The van der Waals surface area contributed by atoms with E-state index in [0.717, 1.165) is 4.90 Å². The molecule has 1 saturated heterocycles. The number of ether oxygens (including phenoxy) is 7. The highest BCUT2D eigenvalue weighted by molar-refractivity contribution is 6.28. The standard InChI is InChI=1S/C29H38N2O13/c32-25-5-6-26(33)30(25)23-1-3-24(4-2-23)43-22-21-42-20-19-41-18-17-40-16-15-39-14-13-38-12-11-37-10-9-29(36)44-31-27(34)7-8-28(31)35/h1-6H,7-22H2. The third-order valence-corrected chi connectivity index (χ3v) is 5.91. The Morgan fingerprint density at radius 3 is 1.43 bits per heavy atom. The van der Waals surface area contributed by atoms with Gasteiger partial charge in [-0.2, -0.15) is 0 Å². The second-order valence-electron chi connectivity index (χ2n) is 9.16. The molecule has 0 radical (unpaired) electrons. The minimum absolute atomic E-state index is 0.0536. The molecule has 0 spiro atoms. The minimum Gasteiger partial charge on any atom is -0.491 e. The average molecular weight is 623 g/mol. The molecule has 15 nitrogen and oxygen atoms in total. The molecule has 0 bridgehead atoms. The summed E-state index contributed by atoms with van der Waals surface area (Å²) in [7, 11) is 0. The Morgan fingerprint density at radius 1 is 0.568 bits per heavy atom. The number of rotatable bonds is 24. The number of hydroxylamine groups is 2. The molecular formula is C29H38N2O13. The van der Waals surface area contributed by atoms with E-state index in [0.29, 0.717) is 89.2 Å². The zero-order chi connectivity index (χ0) is 31.4. The topological polar surface area (TPSA) is 166 Å². The van der Waals surface area contributed by atoms with Crippen LogP contribution in [0.1, 0.15) is 19.3 Å². The van der Waals surface area contributed by atoms with Crippen LogP contribution in [0, 0.1) is 0 Å². The van der Waals surface area contributed by atoms with Crippen molar-refractivity contribution in [1.29, 1.82) is 0 Å². The average Bonchev–Trinajstić information content (AvgIpc) is 3.52. The summed E-state index contributed by atoms with van der Waals surface area (Å²) in [6.45, 7) is 4.73. The highest BCUT2D eigenvalue weighted by atomic mass is 16.7. The molecule has 0 unspecified atom stereocenters. The molecule has 0 atom stereocenters. The van der Waals surface area contributed by atoms with Gasteiger partial charge in [-0.15, -0.1) is 5.06 Å². The van der Waals surface area contributed by atoms with Gasteiger partial charge >= 0.3 is 5.97 Å². The van der Waals surface area contributed by atoms with Crippen molar-refractivity contribution in [1.82, 2.24) is 5.06 Å². The maximum Gasteiger partial charge on any atom is 0.335 e. The summed E-state index contributed by atoms with van der Waals surface area (Å²) in [5, 5.41) is 0.512. The SMILES string of the molecule is O=C(CCOCCOCCOCCOCCOCCOCCOc1ccc(N2C(=O)C=CC2=O)cc1)ON1C(=O)CCC1=O. The van der Waals surface area contributed by atoms with Crippen molar-refractivity contribution >= 4 is 35.3 Å². The van der Waals surface area contributed by atoms with Crippen molar-refractivity contribution in [3.63, 3.8) is 0 Å². The van der Waals surface area contributed by atoms with E-state index in [1.807, 2.05) is 0 Å². The van der Waals surface area contributed by atoms with Crippen LogP contribution in [0.2, 0.25) is 0 Å². The van der Waals surface area contributed by atoms with Gasteiger partial charge in [-0.3, -0.25) is 19.2 Å². The van der Waals surface area contributed by atoms with Crippen LogP contribution in [0.25, 0.3) is 0 Å². The summed E-state index contributed by atoms with van der Waals surface area (Å²) in [6, 6.07) is 6.68. The molecule has 0 aromatic heterocycles. The predicted octanol–water partition coefficient (Wildman–Crippen LogP) is 0.592. The fourth-order valence-corrected chi connectivity index (χ4v) is 3.73. The smallest absolute Gasteiger partial charge is 0.335 e. The Bertz CT molecular complexity index is 1070. The first-order valence-corrected chi connectivity index (χ1v) is 14.3. The van der Waals surface area contributed by atoms with Crippen LogP contribution in [0.15, 0.2) is 36.4 Å². The van der Waals surface area contributed by atoms with Crippen molar-refractivity contribution in [2.45, 2.75) is 19.3 Å². The first-order chi connectivity index (χ1) is 21.5. The number of carbonyl (C=O) groups is 5. The largest absolute Gasteiger partial charge is 0.491 e. The van der Waals surface area contributed by atoms with Gasteiger partial charge in [0.25, 0.3) is 23.6 Å². The van der Waals surface area contributed by atoms with Crippen molar-refractivity contribution < 1.29 is 62.0 Å². The summed E-state index contributed by atoms with van der Waals surface area (Å²) >= 11 is 0. The predicted molar refractivity (Wildman–Crippen MR) is 150 cm³/mol. The molecule has 1 aromatic carbocycles. The molecule has 2 aliphatic rings. The molecule has 0 aliphatic carbocycles. The molecular weight excluding hydrogens is 584 g/mol. The van der Waals surface area contributed by atoms with Crippen LogP contribution in [0.3, 0.4) is 0 Å². The van der Waals surface area contributed by atoms with Gasteiger partial charge < -0.3 is 38.0 Å². The molecule has 15 heteroatoms. The Hall–Kier alpha value is -3.73. The van der Waals surface area contributed by atoms with Gasteiger partial charge in [0.1, 0.15) is 12.4 Å². The second-order valence-corrected chi connectivity index (χ2v) is 9.16. The van der Waals surface area contributed by atoms with Gasteiger partial charge in [0.05, 0.1) is 91.4 Å². The molecule has 3 rings (SSSR count). The summed E-state index contributed by atoms with van der Waals surface area (Å²) in [5.41, 5.74) is 0.489. The number of hydrogen-bond donors (Lipinski definition) is 0. The highest BCUT2D eigenvalue weighted by Crippen LogP contribution is 2.22. The van der Waals surface area contributed by atoms with E-state index in [9.17, 15) is 24.0 Å². The maximum absolute atomic E-state index is 11.7. The summed E-state index contributed by atoms with van der Waals surface area (Å²) < 4.78 is 38.0. The molecule has 44 heavy (non-hydrogen) atoms. The van der Waals surface area contributed by atoms with E-state index >= 15 is 0 Å². The van der Waals surface area contributed by atoms with Crippen LogP contribution in [-0.2, 0) is 57.2 Å². The first-order valence-electron chi connectivity index (χ1n) is 14.3. The molecule has 2 aliphatic heterocycles. The maximum atomic E-state index is 11.7. The first kappa shape index (κ1) is 34.8. The molecule has 1 aromatic rings. The van der Waals surface area contributed by atoms with Gasteiger partial charge in [-0.25, -0.2) is 9.69 Å². The summed E-state index contributed by atoms with van der Waals surface area (Å²) in [6.07, 6.45) is 2.50. The van der Waals surface area contributed by atoms with Crippen LogP contribution < -0.4 is 9.64 Å². The number of amides is 4. The van der Waals surface area contributed by atoms with Crippen molar-refractivity contribution in [3.05, 3.63) is 36.4 Å². The van der Waals surface area contributed by atoms with E-state index in [1.165, 1.54) is 12.2 Å². The van der Waals surface area contributed by atoms with Gasteiger partial charge in [-0.05, 0) is 24.3 Å². The van der Waals surface area contributed by atoms with Crippen molar-refractivity contribution in [3.8, 4) is 5.75 Å². The molecule has 0 N–H and O–H groups in total. The van der Waals surface area contributed by atoms with Crippen LogP contribution in [0.4, 0.5) is 5.69 Å². The Labute approximate surface area is 254 Å². The molecule has 0 saturated carbocycles. The zero-order valence-corrected chi connectivity index (χ0v) is 24.5. The van der Waals surface area contributed by atoms with E-state index in [2.05, 4.69) is 0 Å². The number of anilines is 1. The fourth-order valence-electron chi connectivity index (χ4n) is 3.73. The second kappa shape index (κ2) is 20.3.